The van der Waals surface area contributed by atoms with Gasteiger partial charge in [-0.1, -0.05) is 97.9 Å². The lowest BCUT2D eigenvalue weighted by molar-refractivity contribution is 0.0296. The van der Waals surface area contributed by atoms with Gasteiger partial charge in [0.15, 0.2) is 12.2 Å². The number of hydrogen-bond acceptors (Lipinski definition) is 4. The van der Waals surface area contributed by atoms with E-state index < -0.39 is 12.3 Å². The molecule has 4 nitrogen and oxygen atoms in total. The second-order valence-electron chi connectivity index (χ2n) is 7.63. The molecule has 0 spiro atoms. The van der Waals surface area contributed by atoms with Crippen LogP contribution in [0.2, 0.25) is 0 Å². The number of carbonyl (C=O) groups is 1. The van der Waals surface area contributed by atoms with Gasteiger partial charge in [-0.05, 0) is 23.1 Å². The van der Waals surface area contributed by atoms with Crippen molar-refractivity contribution in [1.82, 2.24) is 4.90 Å². The normalized spacial score (nSPS) is 19.3. The first-order chi connectivity index (χ1) is 14.7. The average Bonchev–Trinajstić information content (AvgIpc) is 3.17. The lowest BCUT2D eigenvalue weighted by Gasteiger charge is -2.35. The van der Waals surface area contributed by atoms with E-state index in [1.165, 1.54) is 11.1 Å². The van der Waals surface area contributed by atoms with Gasteiger partial charge in [0.1, 0.15) is 0 Å². The quantitative estimate of drug-likeness (QED) is 0.451. The third-order valence-electron chi connectivity index (χ3n) is 5.61. The second kappa shape index (κ2) is 9.59. The smallest absolute Gasteiger partial charge is 0.425 e. The van der Waals surface area contributed by atoms with Crippen LogP contribution in [-0.4, -0.2) is 23.2 Å². The fourth-order valence-corrected chi connectivity index (χ4v) is 4.18. The van der Waals surface area contributed by atoms with Gasteiger partial charge >= 0.3 is 6.16 Å². The maximum absolute atomic E-state index is 12.1. The molecule has 3 aromatic rings. The first-order valence-corrected chi connectivity index (χ1v) is 10.5. The summed E-state index contributed by atoms with van der Waals surface area (Å²) in [5.74, 6) is 0. The predicted molar refractivity (Wildman–Crippen MR) is 117 cm³/mol. The summed E-state index contributed by atoms with van der Waals surface area (Å²) < 4.78 is 11.3. The van der Waals surface area contributed by atoms with E-state index in [4.69, 9.17) is 9.47 Å². The fourth-order valence-electron chi connectivity index (χ4n) is 4.18. The van der Waals surface area contributed by atoms with Gasteiger partial charge in [0, 0.05) is 13.1 Å². The Morgan fingerprint density at radius 2 is 1.27 bits per heavy atom. The third kappa shape index (κ3) is 4.71. The van der Waals surface area contributed by atoms with Crippen LogP contribution in [0.15, 0.2) is 91.0 Å². The molecule has 154 valence electrons. The summed E-state index contributed by atoms with van der Waals surface area (Å²) in [6.07, 6.45) is -0.522. The topological polar surface area (TPSA) is 38.8 Å². The van der Waals surface area contributed by atoms with Crippen molar-refractivity contribution in [2.24, 2.45) is 0 Å². The Kier molecular flexibility index (Phi) is 6.45. The van der Waals surface area contributed by atoms with Crippen LogP contribution in [0.4, 0.5) is 4.79 Å². The lowest BCUT2D eigenvalue weighted by Crippen LogP contribution is -2.44. The maximum atomic E-state index is 12.1. The summed E-state index contributed by atoms with van der Waals surface area (Å²) >= 11 is 0. The van der Waals surface area contributed by atoms with Gasteiger partial charge in [-0.15, -0.1) is 0 Å². The molecule has 1 saturated heterocycles. The molecule has 1 fully saturated rings. The summed E-state index contributed by atoms with van der Waals surface area (Å²) in [5, 5.41) is 0. The summed E-state index contributed by atoms with van der Waals surface area (Å²) in [4.78, 5) is 14.5. The van der Waals surface area contributed by atoms with Crippen LogP contribution in [0.3, 0.4) is 0 Å². The van der Waals surface area contributed by atoms with E-state index in [0.717, 1.165) is 25.1 Å². The Balaban J connectivity index is 1.64. The Morgan fingerprint density at radius 3 is 1.77 bits per heavy atom. The monoisotopic (exact) mass is 401 g/mol. The van der Waals surface area contributed by atoms with Crippen LogP contribution in [0.5, 0.6) is 0 Å². The minimum Gasteiger partial charge on any atom is -0.425 e. The zero-order valence-corrected chi connectivity index (χ0v) is 17.2. The summed E-state index contributed by atoms with van der Waals surface area (Å²) in [7, 11) is 0. The van der Waals surface area contributed by atoms with Crippen LogP contribution >= 0.6 is 0 Å². The summed E-state index contributed by atoms with van der Waals surface area (Å²) in [6.45, 7) is 3.68. The molecule has 1 aliphatic rings. The van der Waals surface area contributed by atoms with Crippen molar-refractivity contribution in [3.63, 3.8) is 0 Å². The first-order valence-electron chi connectivity index (χ1n) is 10.5. The van der Waals surface area contributed by atoms with Gasteiger partial charge in [0.25, 0.3) is 0 Å². The Morgan fingerprint density at radius 1 is 0.767 bits per heavy atom. The SMILES string of the molecule is CC[C@H]([C@H]1OC(=O)O[C@@H]1c1ccccc1)N(Cc1ccccc1)Cc1ccccc1. The Hall–Kier alpha value is -3.11. The van der Waals surface area contributed by atoms with Crippen molar-refractivity contribution >= 4 is 6.16 Å². The highest BCUT2D eigenvalue weighted by Crippen LogP contribution is 2.35. The molecule has 0 N–H and O–H groups in total. The highest BCUT2D eigenvalue weighted by molar-refractivity contribution is 5.63. The van der Waals surface area contributed by atoms with Gasteiger partial charge in [0.2, 0.25) is 0 Å². The van der Waals surface area contributed by atoms with E-state index in [1.54, 1.807) is 0 Å². The van der Waals surface area contributed by atoms with E-state index in [9.17, 15) is 4.79 Å². The van der Waals surface area contributed by atoms with Gasteiger partial charge < -0.3 is 9.47 Å². The number of hydrogen-bond donors (Lipinski definition) is 0. The number of ether oxygens (including phenoxy) is 2. The van der Waals surface area contributed by atoms with E-state index in [2.05, 4.69) is 60.4 Å². The van der Waals surface area contributed by atoms with Gasteiger partial charge in [0.05, 0.1) is 6.04 Å². The number of benzene rings is 3. The summed E-state index contributed by atoms with van der Waals surface area (Å²) in [6, 6.07) is 30.7. The minimum absolute atomic E-state index is 0.0158. The zero-order chi connectivity index (χ0) is 20.8. The van der Waals surface area contributed by atoms with E-state index in [-0.39, 0.29) is 12.1 Å². The molecule has 0 saturated carbocycles. The average molecular weight is 402 g/mol. The van der Waals surface area contributed by atoms with Crippen LogP contribution in [0, 0.1) is 0 Å². The van der Waals surface area contributed by atoms with Crippen LogP contribution in [0.25, 0.3) is 0 Å². The lowest BCUT2D eigenvalue weighted by atomic mass is 9.95. The van der Waals surface area contributed by atoms with E-state index >= 15 is 0 Å². The molecule has 1 heterocycles. The van der Waals surface area contributed by atoms with E-state index in [1.807, 2.05) is 42.5 Å². The van der Waals surface area contributed by atoms with Crippen molar-refractivity contribution < 1.29 is 14.3 Å². The van der Waals surface area contributed by atoms with Crippen molar-refractivity contribution in [3.05, 3.63) is 108 Å². The van der Waals surface area contributed by atoms with Crippen molar-refractivity contribution in [3.8, 4) is 0 Å². The van der Waals surface area contributed by atoms with Crippen molar-refractivity contribution in [2.45, 2.75) is 44.7 Å². The predicted octanol–water partition coefficient (Wildman–Crippen LogP) is 5.74. The van der Waals surface area contributed by atoms with Gasteiger partial charge in [-0.25, -0.2) is 4.79 Å². The third-order valence-corrected chi connectivity index (χ3v) is 5.61. The largest absolute Gasteiger partial charge is 0.509 e. The number of carbonyl (C=O) groups excluding carboxylic acids is 1. The molecule has 0 aromatic heterocycles. The first kappa shape index (κ1) is 20.2. The number of cyclic esters (lactones) is 2. The fraction of sp³-hybridized carbons (Fsp3) is 0.269. The molecule has 4 heteroatoms. The molecular formula is C26H27NO3. The minimum atomic E-state index is -0.591. The Labute approximate surface area is 178 Å². The maximum Gasteiger partial charge on any atom is 0.509 e. The van der Waals surface area contributed by atoms with E-state index in [0.29, 0.717) is 0 Å². The standard InChI is InChI=1S/C26H27NO3/c1-2-23(25-24(29-26(28)30-25)22-16-10-5-11-17-22)27(18-20-12-6-3-7-13-20)19-21-14-8-4-9-15-21/h3-17,23-25H,2,18-19H2,1H3/t23-,24-,25-/m1/s1. The van der Waals surface area contributed by atoms with Gasteiger partial charge in [-0.2, -0.15) is 0 Å². The molecule has 0 radical (unpaired) electrons. The highest BCUT2D eigenvalue weighted by Gasteiger charge is 2.44. The zero-order valence-electron chi connectivity index (χ0n) is 17.2. The molecule has 3 aromatic carbocycles. The number of rotatable bonds is 8. The Bertz CT molecular complexity index is 889. The second-order valence-corrected chi connectivity index (χ2v) is 7.63. The van der Waals surface area contributed by atoms with Crippen LogP contribution in [0.1, 0.15) is 36.1 Å². The molecule has 0 amide bonds. The van der Waals surface area contributed by atoms with Gasteiger partial charge in [-0.3, -0.25) is 4.90 Å². The summed E-state index contributed by atoms with van der Waals surface area (Å²) in [5.41, 5.74) is 3.42. The van der Waals surface area contributed by atoms with Crippen molar-refractivity contribution in [2.75, 3.05) is 0 Å². The molecule has 0 aliphatic carbocycles. The molecule has 0 bridgehead atoms. The molecule has 1 aliphatic heterocycles. The molecule has 4 rings (SSSR count). The van der Waals surface area contributed by atoms with Crippen LogP contribution < -0.4 is 0 Å². The number of nitrogens with zero attached hydrogens (tertiary/aromatic N) is 1. The molecule has 30 heavy (non-hydrogen) atoms. The van der Waals surface area contributed by atoms with Crippen molar-refractivity contribution in [1.29, 1.82) is 0 Å². The molecular weight excluding hydrogens is 374 g/mol. The highest BCUT2D eigenvalue weighted by atomic mass is 16.8. The molecule has 3 atom stereocenters. The van der Waals surface area contributed by atoms with Crippen LogP contribution in [-0.2, 0) is 22.6 Å². The molecule has 0 unspecified atom stereocenters.